The molecule has 2 saturated carbocycles. The molecule has 0 amide bonds. The predicted molar refractivity (Wildman–Crippen MR) is 56.6 cm³/mol. The molecule has 0 saturated heterocycles. The SMILES string of the molecule is CC1CCC1(C#N)SC1CCCC1. The molecule has 0 aromatic heterocycles. The Hall–Kier alpha value is -0.160. The lowest BCUT2D eigenvalue weighted by atomic mass is 9.75. The van der Waals surface area contributed by atoms with Crippen LogP contribution < -0.4 is 0 Å². The lowest BCUT2D eigenvalue weighted by molar-refractivity contribution is 0.296. The van der Waals surface area contributed by atoms with Crippen LogP contribution in [-0.4, -0.2) is 10.00 Å². The van der Waals surface area contributed by atoms with Gasteiger partial charge in [-0.1, -0.05) is 19.8 Å². The number of thioether (sulfide) groups is 1. The van der Waals surface area contributed by atoms with Gasteiger partial charge in [0.2, 0.25) is 0 Å². The van der Waals surface area contributed by atoms with Crippen molar-refractivity contribution in [3.8, 4) is 6.07 Å². The van der Waals surface area contributed by atoms with E-state index < -0.39 is 0 Å². The molecule has 2 atom stereocenters. The van der Waals surface area contributed by atoms with Gasteiger partial charge in [-0.25, -0.2) is 0 Å². The molecule has 2 aliphatic rings. The second-order valence-corrected chi connectivity index (χ2v) is 6.10. The number of hydrogen-bond acceptors (Lipinski definition) is 2. The van der Waals surface area contributed by atoms with Gasteiger partial charge in [-0.05, 0) is 31.6 Å². The maximum atomic E-state index is 9.20. The quantitative estimate of drug-likeness (QED) is 0.674. The summed E-state index contributed by atoms with van der Waals surface area (Å²) in [4.78, 5) is 0. The average Bonchev–Trinajstić information content (AvgIpc) is 2.64. The van der Waals surface area contributed by atoms with Gasteiger partial charge in [0.05, 0.1) is 6.07 Å². The van der Waals surface area contributed by atoms with E-state index in [0.29, 0.717) is 5.92 Å². The summed E-state index contributed by atoms with van der Waals surface area (Å²) in [6, 6.07) is 2.55. The van der Waals surface area contributed by atoms with Crippen molar-refractivity contribution in [2.24, 2.45) is 5.92 Å². The van der Waals surface area contributed by atoms with Gasteiger partial charge in [-0.3, -0.25) is 0 Å². The Morgan fingerprint density at radius 2 is 2.00 bits per heavy atom. The second-order valence-electron chi connectivity index (χ2n) is 4.47. The molecule has 0 heterocycles. The minimum atomic E-state index is 0.00894. The maximum absolute atomic E-state index is 9.20. The second kappa shape index (κ2) is 3.53. The first-order chi connectivity index (χ1) is 6.27. The van der Waals surface area contributed by atoms with Crippen LogP contribution in [0.1, 0.15) is 45.4 Å². The van der Waals surface area contributed by atoms with Crippen LogP contribution in [0.15, 0.2) is 0 Å². The Bertz CT molecular complexity index is 227. The molecule has 13 heavy (non-hydrogen) atoms. The lowest BCUT2D eigenvalue weighted by Gasteiger charge is -2.43. The van der Waals surface area contributed by atoms with E-state index in [2.05, 4.69) is 13.0 Å². The first kappa shape index (κ1) is 9.40. The Balaban J connectivity index is 1.95. The molecule has 0 aromatic carbocycles. The Morgan fingerprint density at radius 3 is 2.38 bits per heavy atom. The Morgan fingerprint density at radius 1 is 1.31 bits per heavy atom. The summed E-state index contributed by atoms with van der Waals surface area (Å²) >= 11 is 1.99. The monoisotopic (exact) mass is 195 g/mol. The topological polar surface area (TPSA) is 23.8 Å². The molecule has 2 heteroatoms. The van der Waals surface area contributed by atoms with Gasteiger partial charge >= 0.3 is 0 Å². The van der Waals surface area contributed by atoms with Gasteiger partial charge < -0.3 is 0 Å². The number of rotatable bonds is 2. The van der Waals surface area contributed by atoms with Crippen molar-refractivity contribution in [3.63, 3.8) is 0 Å². The molecule has 0 aliphatic heterocycles. The number of nitriles is 1. The fourth-order valence-electron chi connectivity index (χ4n) is 2.37. The van der Waals surface area contributed by atoms with E-state index in [-0.39, 0.29) is 4.75 Å². The average molecular weight is 195 g/mol. The summed E-state index contributed by atoms with van der Waals surface area (Å²) < 4.78 is 0.00894. The molecule has 2 fully saturated rings. The third-order valence-electron chi connectivity index (χ3n) is 3.61. The molecule has 0 aromatic rings. The summed E-state index contributed by atoms with van der Waals surface area (Å²) in [6.45, 7) is 2.23. The van der Waals surface area contributed by atoms with Gasteiger partial charge in [0.25, 0.3) is 0 Å². The standard InChI is InChI=1S/C11H17NS/c1-9-6-7-11(9,8-12)13-10-4-2-3-5-10/h9-10H,2-7H2,1H3. The van der Waals surface area contributed by atoms with Crippen LogP contribution >= 0.6 is 11.8 Å². The molecule has 2 rings (SSSR count). The molecule has 0 spiro atoms. The largest absolute Gasteiger partial charge is 0.197 e. The highest BCUT2D eigenvalue weighted by Gasteiger charge is 2.46. The minimum absolute atomic E-state index is 0.00894. The van der Waals surface area contributed by atoms with Crippen molar-refractivity contribution in [1.82, 2.24) is 0 Å². The van der Waals surface area contributed by atoms with Crippen molar-refractivity contribution in [1.29, 1.82) is 5.26 Å². The van der Waals surface area contributed by atoms with Gasteiger partial charge in [-0.2, -0.15) is 5.26 Å². The van der Waals surface area contributed by atoms with E-state index in [1.807, 2.05) is 11.8 Å². The zero-order valence-corrected chi connectivity index (χ0v) is 9.07. The fraction of sp³-hybridized carbons (Fsp3) is 0.909. The molecule has 0 N–H and O–H groups in total. The van der Waals surface area contributed by atoms with Crippen LogP contribution in [0, 0.1) is 17.2 Å². The molecule has 2 aliphatic carbocycles. The van der Waals surface area contributed by atoms with Crippen LogP contribution in [0.3, 0.4) is 0 Å². The van der Waals surface area contributed by atoms with Crippen LogP contribution in [0.2, 0.25) is 0 Å². The molecular formula is C11H17NS. The van der Waals surface area contributed by atoms with Gasteiger partial charge in [-0.15, -0.1) is 11.8 Å². The molecular weight excluding hydrogens is 178 g/mol. The van der Waals surface area contributed by atoms with E-state index in [9.17, 15) is 5.26 Å². The molecule has 2 unspecified atom stereocenters. The summed E-state index contributed by atoms with van der Waals surface area (Å²) in [5.41, 5.74) is 0. The van der Waals surface area contributed by atoms with E-state index in [1.165, 1.54) is 32.1 Å². The summed E-state index contributed by atoms with van der Waals surface area (Å²) in [5, 5.41) is 9.99. The van der Waals surface area contributed by atoms with Gasteiger partial charge in [0.15, 0.2) is 0 Å². The summed E-state index contributed by atoms with van der Waals surface area (Å²) in [7, 11) is 0. The van der Waals surface area contributed by atoms with E-state index in [0.717, 1.165) is 11.7 Å². The maximum Gasteiger partial charge on any atom is 0.105 e. The van der Waals surface area contributed by atoms with E-state index in [1.54, 1.807) is 0 Å². The third-order valence-corrected chi connectivity index (χ3v) is 5.54. The van der Waals surface area contributed by atoms with Crippen LogP contribution in [0.25, 0.3) is 0 Å². The number of nitrogens with zero attached hydrogens (tertiary/aromatic N) is 1. The van der Waals surface area contributed by atoms with Crippen molar-refractivity contribution < 1.29 is 0 Å². The smallest absolute Gasteiger partial charge is 0.105 e. The van der Waals surface area contributed by atoms with Crippen molar-refractivity contribution in [2.75, 3.05) is 0 Å². The first-order valence-corrected chi connectivity index (χ1v) is 6.24. The third kappa shape index (κ3) is 1.59. The molecule has 0 radical (unpaired) electrons. The van der Waals surface area contributed by atoms with Gasteiger partial charge in [0, 0.05) is 5.25 Å². The summed E-state index contributed by atoms with van der Waals surface area (Å²) in [5.74, 6) is 0.628. The van der Waals surface area contributed by atoms with E-state index in [4.69, 9.17) is 0 Å². The predicted octanol–water partition coefficient (Wildman–Crippen LogP) is 3.35. The van der Waals surface area contributed by atoms with Crippen molar-refractivity contribution in [3.05, 3.63) is 0 Å². The highest BCUT2D eigenvalue weighted by Crippen LogP contribution is 2.52. The Kier molecular flexibility index (Phi) is 2.55. The van der Waals surface area contributed by atoms with Crippen molar-refractivity contribution >= 4 is 11.8 Å². The zero-order chi connectivity index (χ0) is 9.31. The van der Waals surface area contributed by atoms with Crippen LogP contribution in [-0.2, 0) is 0 Å². The first-order valence-electron chi connectivity index (χ1n) is 5.36. The minimum Gasteiger partial charge on any atom is -0.197 e. The Labute approximate surface area is 84.9 Å². The molecule has 1 nitrogen and oxygen atoms in total. The van der Waals surface area contributed by atoms with E-state index >= 15 is 0 Å². The highest BCUT2D eigenvalue weighted by molar-refractivity contribution is 8.01. The summed E-state index contributed by atoms with van der Waals surface area (Å²) in [6.07, 6.45) is 7.85. The van der Waals surface area contributed by atoms with Crippen LogP contribution in [0.4, 0.5) is 0 Å². The van der Waals surface area contributed by atoms with Gasteiger partial charge in [0.1, 0.15) is 4.75 Å². The normalized spacial score (nSPS) is 39.8. The molecule has 0 bridgehead atoms. The van der Waals surface area contributed by atoms with Crippen molar-refractivity contribution in [2.45, 2.75) is 55.4 Å². The molecule has 72 valence electrons. The zero-order valence-electron chi connectivity index (χ0n) is 8.25. The fourth-order valence-corrected chi connectivity index (χ4v) is 4.17. The lowest BCUT2D eigenvalue weighted by Crippen LogP contribution is -2.42. The highest BCUT2D eigenvalue weighted by atomic mass is 32.2. The number of hydrogen-bond donors (Lipinski definition) is 0. The van der Waals surface area contributed by atoms with Crippen LogP contribution in [0.5, 0.6) is 0 Å².